The number of nitrogens with two attached hydrogens (primary N) is 2. The molecule has 18 rings (SSSR count). The van der Waals surface area contributed by atoms with E-state index in [4.69, 9.17) is 84.7 Å². The van der Waals surface area contributed by atoms with Crippen LogP contribution >= 0.6 is 102 Å². The Morgan fingerprint density at radius 2 is 0.848 bits per heavy atom. The molecule has 2 aromatic heterocycles. The molecule has 5 atom stereocenters. The highest BCUT2D eigenvalue weighted by molar-refractivity contribution is 7.60. The third-order valence-corrected chi connectivity index (χ3v) is 24.0. The minimum atomic E-state index is -0.562. The molecule has 2 amide bonds. The number of halogens is 3. The number of aromatic nitrogens is 4. The monoisotopic (exact) mass is 2170 g/mol. The molecule has 6 aromatic carbocycles. The van der Waals surface area contributed by atoms with Gasteiger partial charge in [-0.15, -0.1) is 5.26 Å². The number of nitro groups is 3. The number of ether oxygens (including phenoxy) is 10. The summed E-state index contributed by atoms with van der Waals surface area (Å²) < 4.78 is 51.9. The second-order valence-electron chi connectivity index (χ2n) is 33.5. The van der Waals surface area contributed by atoms with Crippen molar-refractivity contribution >= 4 is 218 Å². The number of carbonyl (C=O) groups excluding carboxylic acids is 5. The van der Waals surface area contributed by atoms with Crippen molar-refractivity contribution in [3.8, 4) is 52.3 Å². The fraction of sp³-hybridized carbons (Fsp3) is 0.457. The average molecular weight is 2170 g/mol. The molecule has 0 unspecified atom stereocenters. The summed E-state index contributed by atoms with van der Waals surface area (Å²) >= 11 is 17.3. The Kier molecular flexibility index (Phi) is 49.9. The van der Waals surface area contributed by atoms with Gasteiger partial charge in [0.25, 0.3) is 23.3 Å². The van der Waals surface area contributed by atoms with Crippen LogP contribution in [0.15, 0.2) is 104 Å². The molecule has 0 aliphatic carbocycles. The fourth-order valence-electron chi connectivity index (χ4n) is 16.5. The zero-order chi connectivity index (χ0) is 102. The van der Waals surface area contributed by atoms with E-state index in [1.165, 1.54) is 91.6 Å². The second-order valence-corrected chi connectivity index (χ2v) is 34.6. The van der Waals surface area contributed by atoms with Gasteiger partial charge in [0.15, 0.2) is 5.75 Å². The Morgan fingerprint density at radius 3 is 1.21 bits per heavy atom. The van der Waals surface area contributed by atoms with E-state index >= 15 is 0 Å². The van der Waals surface area contributed by atoms with E-state index in [0.717, 1.165) is 163 Å². The summed E-state index contributed by atoms with van der Waals surface area (Å²) in [4.78, 5) is 123. The SMILES string of the molecule is CC(=O)Nc1cc2c(cc1[N+](=O)[O-])N1CCN(C)C[C@H]1CO2.CC(=O)Nc1ccc2c(c1)OC[C@@H]1CN(C)CCN21.CC(=O)OC(C)=O.CCOC(C)=O.CCc1cc(Cl)ncn1.CN1CCN2c3cc([N+](=O)[O-])c(N)cc3OC[C@@H]2C1.CN1CCN2c3ccc(N)cc3OC[C@@H]2C1.CNc1cc(Nc2cc3c(cc2[N+](=O)[O-])N2CCN(C)C[C@H]2CO3)ncn1.COc1cc(OC)c(Cl)c(OC#N)c1Cl.S.S.S.S.S. The van der Waals surface area contributed by atoms with Gasteiger partial charge in [-0.1, -0.05) is 41.7 Å². The maximum Gasteiger partial charge on any atom is 0.310 e. The quantitative estimate of drug-likeness (QED) is 0.0119. The van der Waals surface area contributed by atoms with Gasteiger partial charge < -0.3 is 129 Å². The third-order valence-electron chi connectivity index (χ3n) is 23.1. The van der Waals surface area contributed by atoms with Gasteiger partial charge in [-0.3, -0.25) is 54.3 Å². The van der Waals surface area contributed by atoms with Gasteiger partial charge in [0.05, 0.1) is 94.2 Å². The number of esters is 3. The van der Waals surface area contributed by atoms with Gasteiger partial charge in [-0.25, -0.2) is 19.9 Å². The number of nitro benzene ring substituents is 3. The van der Waals surface area contributed by atoms with Crippen LogP contribution in [0.5, 0.6) is 46.0 Å². The highest BCUT2D eigenvalue weighted by Crippen LogP contribution is 2.49. The van der Waals surface area contributed by atoms with Gasteiger partial charge in [0.1, 0.15) is 130 Å². The minimum Gasteiger partial charge on any atom is -0.495 e. The number of amides is 2. The van der Waals surface area contributed by atoms with E-state index in [9.17, 15) is 54.3 Å². The van der Waals surface area contributed by atoms with Crippen LogP contribution in [0.25, 0.3) is 0 Å². The van der Waals surface area contributed by atoms with Crippen LogP contribution < -0.4 is 95.1 Å². The Labute approximate surface area is 891 Å². The summed E-state index contributed by atoms with van der Waals surface area (Å²) in [6.07, 6.45) is 5.26. The number of nitrogen functional groups attached to an aromatic ring is 2. The lowest BCUT2D eigenvalue weighted by Crippen LogP contribution is -2.56. The van der Waals surface area contributed by atoms with Crippen LogP contribution in [0.3, 0.4) is 0 Å². The number of aryl methyl sites for hydroxylation is 1. The van der Waals surface area contributed by atoms with E-state index in [0.29, 0.717) is 96.3 Å². The van der Waals surface area contributed by atoms with Crippen LogP contribution in [0, 0.1) is 41.9 Å². The van der Waals surface area contributed by atoms with Crippen LogP contribution in [0.2, 0.25) is 15.2 Å². The number of hydrogen-bond donors (Lipinski definition) is 6. The molecule has 10 aliphatic rings. The normalized spacial score (nSPS) is 17.4. The molecule has 0 radical (unpaired) electrons. The van der Waals surface area contributed by atoms with Crippen LogP contribution in [-0.4, -0.2) is 313 Å². The molecular weight excluding hydrogens is 2040 g/mol. The first-order chi connectivity index (χ1) is 66.8. The number of rotatable bonds is 13. The van der Waals surface area contributed by atoms with E-state index in [1.807, 2.05) is 37.3 Å². The highest BCUT2D eigenvalue weighted by Gasteiger charge is 2.40. The molecule has 145 heavy (non-hydrogen) atoms. The molecule has 12 heterocycles. The number of nitriles is 1. The number of nitrogens with zero attached hydrogens (tertiary/aromatic N) is 18. The number of methoxy groups -OCH3 is 2. The first kappa shape index (κ1) is 123. The standard InChI is InChI=1S/C17H21N7O3.C14H18N4O4.C14H19N3O2.C12H16N4O3.C12H17N3O.C9H7Cl2NO3.C6H7ClN2.C4H6O3.C4H8O2.5H2S/c1-18-16-7-17(20-10-19-16)21-12-5-15-14(6-13(12)24(25)26)23-4-3-22(2)8-11(23)9-27-15;1-9(19)15-11-5-14-13(6-12(11)18(20)21)17-4-3-16(2)7-10(17)8-22-14;1-10(18)15-11-3-4-13-14(7-11)19-9-12-8-16(2)5-6-17(12)13;1-14-2-3-15-8(6-14)7-19-12-4-9(13)10(16(17)18)5-11(12)15;1-14-4-5-15-10(7-14)8-16-12-6-9(13)2-3-11(12)15;1-13-5-3-6(14-2)8(11)9(7(5)10)15-4-12;1-2-5-3-6(7)9-4-8-5;1-3(5)7-4(2)6;1-3-6-4(2)5;;;;;/h5-7,10-11H,3-4,8-9H2,1-2H3,(H2,18,19,20,21);5-6,10H,3-4,7-8H2,1-2H3,(H,15,19);3-4,7,12H,5-6,8-9H2,1-2H3,(H,15,18);4-5,8H,2-3,6-7,13H2,1H3;2-3,6,10H,4-5,7-8,13H2,1H3;3H,1-2H3;3-4H,2H2,1H3;1-2H3;3H2,1-2H3;5*1H2/t11-;10-;12-;8-;10-;;;;;;;;;/m00000........./s1. The summed E-state index contributed by atoms with van der Waals surface area (Å²) in [5.74, 6) is 3.67. The predicted molar refractivity (Wildman–Crippen MR) is 584 cm³/mol. The molecule has 0 spiro atoms. The van der Waals surface area contributed by atoms with Crippen molar-refractivity contribution in [2.75, 3.05) is 252 Å². The van der Waals surface area contributed by atoms with Gasteiger partial charge in [-0.2, -0.15) is 67.5 Å². The molecule has 45 nitrogen and oxygen atoms in total. The van der Waals surface area contributed by atoms with Crippen LogP contribution in [0.4, 0.5) is 85.6 Å². The number of hydrogen-bond acceptors (Lipinski definition) is 40. The number of likely N-dealkylation sites (N-methyl/N-ethyl adjacent to an activating group) is 5. The summed E-state index contributed by atoms with van der Waals surface area (Å²) in [6, 6.07) is 27.7. The van der Waals surface area contributed by atoms with Crippen molar-refractivity contribution in [3.63, 3.8) is 0 Å². The summed E-state index contributed by atoms with van der Waals surface area (Å²) in [5, 5.41) is 54.4. The Balaban J connectivity index is 0.000000294. The summed E-state index contributed by atoms with van der Waals surface area (Å²) in [7, 11) is 15.1. The number of anilines is 12. The average Bonchev–Trinajstić information content (AvgIpc) is 0.774. The van der Waals surface area contributed by atoms with E-state index < -0.39 is 21.8 Å². The van der Waals surface area contributed by atoms with Crippen LogP contribution in [0.1, 0.15) is 54.2 Å². The lowest BCUT2D eigenvalue weighted by molar-refractivity contribution is -0.384. The minimum absolute atomic E-state index is 0. The first-order valence-electron chi connectivity index (χ1n) is 44.7. The third kappa shape index (κ3) is 34.4. The highest BCUT2D eigenvalue weighted by atomic mass is 35.5. The van der Waals surface area contributed by atoms with Crippen molar-refractivity contribution in [2.24, 2.45) is 0 Å². The van der Waals surface area contributed by atoms with Crippen molar-refractivity contribution < 1.29 is 86.1 Å². The molecule has 8 N–H and O–H groups in total. The number of piperazine rings is 5. The molecule has 5 fully saturated rings. The van der Waals surface area contributed by atoms with E-state index in [2.05, 4.69) is 146 Å². The van der Waals surface area contributed by atoms with Gasteiger partial charge in [0, 0.05) is 218 Å². The molecule has 794 valence electrons. The molecular formula is C92H129Cl3N24O21S5. The van der Waals surface area contributed by atoms with Gasteiger partial charge in [-0.05, 0) is 78.9 Å². The Morgan fingerprint density at radius 1 is 0.469 bits per heavy atom. The second kappa shape index (κ2) is 58.8. The molecule has 10 aliphatic heterocycles. The largest absolute Gasteiger partial charge is 0.495 e. The number of benzene rings is 6. The zero-order valence-electron chi connectivity index (χ0n) is 83.2. The van der Waals surface area contributed by atoms with Gasteiger partial charge >= 0.3 is 17.9 Å². The van der Waals surface area contributed by atoms with Gasteiger partial charge in [0.2, 0.25) is 11.8 Å². The number of carbonyl (C=O) groups is 5. The molecule has 0 bridgehead atoms. The number of nitrogens with one attached hydrogen (secondary N) is 4. The summed E-state index contributed by atoms with van der Waals surface area (Å²) in [5.41, 5.74) is 19.1. The van der Waals surface area contributed by atoms with E-state index in [1.54, 1.807) is 50.4 Å². The topological polar surface area (TPSA) is 515 Å². The molecule has 8 aromatic rings. The van der Waals surface area contributed by atoms with E-state index in [-0.39, 0.29) is 153 Å². The van der Waals surface area contributed by atoms with Crippen molar-refractivity contribution in [1.82, 2.24) is 44.4 Å². The smallest absolute Gasteiger partial charge is 0.310 e. The zero-order valence-corrected chi connectivity index (χ0v) is 90.4. The van der Waals surface area contributed by atoms with Crippen molar-refractivity contribution in [2.45, 2.75) is 85.1 Å². The molecule has 0 saturated carbocycles. The first-order valence-corrected chi connectivity index (χ1v) is 45.9. The maximum atomic E-state index is 11.7. The fourth-order valence-corrected chi connectivity index (χ4v) is 17.3. The maximum absolute atomic E-state index is 11.7. The number of fused-ring (bicyclic) bond motifs is 15. The lowest BCUT2D eigenvalue weighted by atomic mass is 10.1. The molecule has 53 heteroatoms. The summed E-state index contributed by atoms with van der Waals surface area (Å²) in [6.45, 7) is 28.3. The predicted octanol–water partition coefficient (Wildman–Crippen LogP) is 11.2. The Bertz CT molecular complexity index is 5750. The Hall–Kier alpha value is -12.3. The van der Waals surface area contributed by atoms with Crippen LogP contribution in [-0.2, 0) is 39.9 Å². The lowest BCUT2D eigenvalue weighted by Gasteiger charge is -2.44. The van der Waals surface area contributed by atoms with Crippen molar-refractivity contribution in [3.05, 3.63) is 155 Å². The van der Waals surface area contributed by atoms with Crippen molar-refractivity contribution in [1.29, 1.82) is 5.26 Å². The molecule has 5 saturated heterocycles.